The lowest BCUT2D eigenvalue weighted by atomic mass is 10.0. The molecule has 13 heavy (non-hydrogen) atoms. The van der Waals surface area contributed by atoms with E-state index in [1.807, 2.05) is 17.8 Å². The van der Waals surface area contributed by atoms with Crippen LogP contribution in [-0.4, -0.2) is 22.2 Å². The lowest BCUT2D eigenvalue weighted by Crippen LogP contribution is -2.35. The van der Waals surface area contributed by atoms with E-state index >= 15 is 0 Å². The molecular formula is C9H15N3O. The second-order valence-corrected chi connectivity index (χ2v) is 3.49. The van der Waals surface area contributed by atoms with Gasteiger partial charge in [0.25, 0.3) is 0 Å². The number of rotatable bonds is 1. The van der Waals surface area contributed by atoms with Crippen molar-refractivity contribution in [3.63, 3.8) is 0 Å². The maximum Gasteiger partial charge on any atom is 0.139 e. The fourth-order valence-corrected chi connectivity index (χ4v) is 1.72. The Hall–Kier alpha value is -0.870. The van der Waals surface area contributed by atoms with E-state index in [0.717, 1.165) is 25.3 Å². The summed E-state index contributed by atoms with van der Waals surface area (Å²) in [4.78, 5) is 4.25. The molecule has 72 valence electrons. The highest BCUT2D eigenvalue weighted by atomic mass is 16.5. The summed E-state index contributed by atoms with van der Waals surface area (Å²) in [6.07, 6.45) is 5.76. The van der Waals surface area contributed by atoms with Crippen LogP contribution in [0.4, 0.5) is 0 Å². The summed E-state index contributed by atoms with van der Waals surface area (Å²) in [7, 11) is 1.97. The van der Waals surface area contributed by atoms with E-state index < -0.39 is 0 Å². The van der Waals surface area contributed by atoms with Gasteiger partial charge in [-0.3, -0.25) is 0 Å². The van der Waals surface area contributed by atoms with Crippen molar-refractivity contribution < 1.29 is 4.74 Å². The maximum atomic E-state index is 5.96. The molecule has 1 saturated heterocycles. The number of hydrogen-bond acceptors (Lipinski definition) is 3. The molecule has 2 heterocycles. The van der Waals surface area contributed by atoms with Gasteiger partial charge in [-0.1, -0.05) is 0 Å². The average molecular weight is 181 g/mol. The Morgan fingerprint density at radius 3 is 3.15 bits per heavy atom. The highest BCUT2D eigenvalue weighted by Gasteiger charge is 2.26. The summed E-state index contributed by atoms with van der Waals surface area (Å²) in [5.74, 6) is 0.937. The first-order chi connectivity index (χ1) is 6.29. The summed E-state index contributed by atoms with van der Waals surface area (Å²) < 4.78 is 7.58. The van der Waals surface area contributed by atoms with Gasteiger partial charge >= 0.3 is 0 Å². The van der Waals surface area contributed by atoms with Crippen molar-refractivity contribution in [1.82, 2.24) is 9.55 Å². The highest BCUT2D eigenvalue weighted by molar-refractivity contribution is 5.00. The van der Waals surface area contributed by atoms with Crippen molar-refractivity contribution in [3.8, 4) is 0 Å². The number of ether oxygens (including phenoxy) is 1. The number of aromatic nitrogens is 2. The van der Waals surface area contributed by atoms with Gasteiger partial charge in [-0.05, 0) is 12.8 Å². The first-order valence-electron chi connectivity index (χ1n) is 4.63. The summed E-state index contributed by atoms with van der Waals surface area (Å²) in [5.41, 5.74) is 5.96. The molecular weight excluding hydrogens is 166 g/mol. The number of nitrogens with zero attached hydrogens (tertiary/aromatic N) is 2. The Labute approximate surface area is 77.7 Å². The first-order valence-corrected chi connectivity index (χ1v) is 4.63. The van der Waals surface area contributed by atoms with Gasteiger partial charge in [-0.25, -0.2) is 4.98 Å². The third-order valence-electron chi connectivity index (χ3n) is 2.48. The summed E-state index contributed by atoms with van der Waals surface area (Å²) in [5, 5.41) is 0. The molecule has 0 aromatic carbocycles. The molecule has 1 aliphatic rings. The molecule has 4 nitrogen and oxygen atoms in total. The first kappa shape index (κ1) is 8.72. The normalized spacial score (nSPS) is 29.1. The van der Waals surface area contributed by atoms with Gasteiger partial charge in [-0.15, -0.1) is 0 Å². The van der Waals surface area contributed by atoms with E-state index in [4.69, 9.17) is 10.5 Å². The Kier molecular flexibility index (Phi) is 2.33. The number of nitrogens with two attached hydrogens (primary N) is 1. The Balaban J connectivity index is 2.19. The molecule has 1 aromatic rings. The fraction of sp³-hybridized carbons (Fsp3) is 0.667. The average Bonchev–Trinajstić information content (AvgIpc) is 2.52. The SMILES string of the molecule is Cn1ccnc1C1OCCCC1N. The third kappa shape index (κ3) is 1.59. The van der Waals surface area contributed by atoms with Crippen LogP contribution in [0, 0.1) is 0 Å². The van der Waals surface area contributed by atoms with Gasteiger partial charge in [0.05, 0.1) is 0 Å². The van der Waals surface area contributed by atoms with E-state index in [1.165, 1.54) is 0 Å². The van der Waals surface area contributed by atoms with Crippen LogP contribution < -0.4 is 5.73 Å². The molecule has 0 saturated carbocycles. The van der Waals surface area contributed by atoms with Crippen molar-refractivity contribution in [2.24, 2.45) is 12.8 Å². The van der Waals surface area contributed by atoms with E-state index in [9.17, 15) is 0 Å². The van der Waals surface area contributed by atoms with Crippen molar-refractivity contribution in [3.05, 3.63) is 18.2 Å². The molecule has 2 unspecified atom stereocenters. The molecule has 2 rings (SSSR count). The molecule has 1 aromatic heterocycles. The van der Waals surface area contributed by atoms with Crippen molar-refractivity contribution >= 4 is 0 Å². The predicted molar refractivity (Wildman–Crippen MR) is 49.1 cm³/mol. The second-order valence-electron chi connectivity index (χ2n) is 3.49. The van der Waals surface area contributed by atoms with Gasteiger partial charge in [0.1, 0.15) is 11.9 Å². The smallest absolute Gasteiger partial charge is 0.139 e. The van der Waals surface area contributed by atoms with E-state index in [-0.39, 0.29) is 12.1 Å². The second kappa shape index (κ2) is 3.47. The minimum Gasteiger partial charge on any atom is -0.369 e. The van der Waals surface area contributed by atoms with Crippen LogP contribution in [0.1, 0.15) is 24.8 Å². The molecule has 0 aliphatic carbocycles. The minimum atomic E-state index is -0.0197. The predicted octanol–water partition coefficient (Wildman–Crippen LogP) is 0.599. The molecule has 2 atom stereocenters. The van der Waals surface area contributed by atoms with Crippen LogP contribution >= 0.6 is 0 Å². The molecule has 0 radical (unpaired) electrons. The van der Waals surface area contributed by atoms with Gasteiger partial charge in [0.2, 0.25) is 0 Å². The molecule has 1 aliphatic heterocycles. The van der Waals surface area contributed by atoms with Gasteiger partial charge in [0.15, 0.2) is 0 Å². The van der Waals surface area contributed by atoms with Crippen molar-refractivity contribution in [1.29, 1.82) is 0 Å². The topological polar surface area (TPSA) is 53.1 Å². The zero-order valence-corrected chi connectivity index (χ0v) is 7.81. The van der Waals surface area contributed by atoms with Crippen LogP contribution in [0.3, 0.4) is 0 Å². The van der Waals surface area contributed by atoms with Crippen LogP contribution in [-0.2, 0) is 11.8 Å². The zero-order valence-electron chi connectivity index (χ0n) is 7.81. The summed E-state index contributed by atoms with van der Waals surface area (Å²) >= 11 is 0. The zero-order chi connectivity index (χ0) is 9.26. The molecule has 0 amide bonds. The van der Waals surface area contributed by atoms with E-state index in [2.05, 4.69) is 4.98 Å². The molecule has 0 bridgehead atoms. The van der Waals surface area contributed by atoms with Crippen molar-refractivity contribution in [2.75, 3.05) is 6.61 Å². The quantitative estimate of drug-likeness (QED) is 0.690. The lowest BCUT2D eigenvalue weighted by molar-refractivity contribution is -0.00670. The third-order valence-corrected chi connectivity index (χ3v) is 2.48. The van der Waals surface area contributed by atoms with Crippen LogP contribution in [0.25, 0.3) is 0 Å². The fourth-order valence-electron chi connectivity index (χ4n) is 1.72. The van der Waals surface area contributed by atoms with Gasteiger partial charge in [-0.2, -0.15) is 0 Å². The van der Waals surface area contributed by atoms with Crippen LogP contribution in [0.5, 0.6) is 0 Å². The minimum absolute atomic E-state index is 0.0197. The Morgan fingerprint density at radius 2 is 2.54 bits per heavy atom. The summed E-state index contributed by atoms with van der Waals surface area (Å²) in [6.45, 7) is 0.797. The van der Waals surface area contributed by atoms with Gasteiger partial charge in [0, 0.05) is 32.1 Å². The molecule has 2 N–H and O–H groups in total. The number of aryl methyl sites for hydroxylation is 1. The standard InChI is InChI=1S/C9H15N3O/c1-12-5-4-11-9(12)8-7(10)3-2-6-13-8/h4-5,7-8H,2-3,6,10H2,1H3. The largest absolute Gasteiger partial charge is 0.369 e. The van der Waals surface area contributed by atoms with Gasteiger partial charge < -0.3 is 15.0 Å². The summed E-state index contributed by atoms with van der Waals surface area (Å²) in [6, 6.07) is 0.0925. The monoisotopic (exact) mass is 181 g/mol. The van der Waals surface area contributed by atoms with E-state index in [0.29, 0.717) is 0 Å². The van der Waals surface area contributed by atoms with E-state index in [1.54, 1.807) is 6.20 Å². The van der Waals surface area contributed by atoms with Crippen LogP contribution in [0.2, 0.25) is 0 Å². The lowest BCUT2D eigenvalue weighted by Gasteiger charge is -2.28. The number of imidazole rings is 1. The Morgan fingerprint density at radius 1 is 1.69 bits per heavy atom. The van der Waals surface area contributed by atoms with Crippen LogP contribution in [0.15, 0.2) is 12.4 Å². The highest BCUT2D eigenvalue weighted by Crippen LogP contribution is 2.25. The number of hydrogen-bond donors (Lipinski definition) is 1. The molecule has 1 fully saturated rings. The molecule has 4 heteroatoms. The maximum absolute atomic E-state index is 5.96. The van der Waals surface area contributed by atoms with Crippen molar-refractivity contribution in [2.45, 2.75) is 25.0 Å². The molecule has 0 spiro atoms. The Bertz CT molecular complexity index is 284.